The van der Waals surface area contributed by atoms with Crippen LogP contribution in [0.4, 0.5) is 22.0 Å². The second kappa shape index (κ2) is 9.92. The Morgan fingerprint density at radius 1 is 1.12 bits per heavy atom. The monoisotopic (exact) mass is 473 g/mol. The average molecular weight is 473 g/mol. The number of aromatic nitrogens is 5. The Morgan fingerprint density at radius 3 is 2.58 bits per heavy atom. The standard InChI is InChI=1S/C19H20F5N7O2/c1-11-14(8-28-30(11)10-15(20)21)18(33)26-7-13-9-31-16(29-13)4-12(6-27-31)5-25-17(32)2-3-19(22,23)24/h4,6,8-9,15H,2-3,5,7,10H2,1H3,(H,25,32)(H,26,33). The van der Waals surface area contributed by atoms with Crippen molar-refractivity contribution in [3.05, 3.63) is 47.2 Å². The molecule has 0 unspecified atom stereocenters. The highest BCUT2D eigenvalue weighted by Crippen LogP contribution is 2.21. The largest absolute Gasteiger partial charge is 0.389 e. The molecule has 2 N–H and O–H groups in total. The molecule has 0 aliphatic carbocycles. The zero-order valence-electron chi connectivity index (χ0n) is 17.4. The van der Waals surface area contributed by atoms with E-state index in [-0.39, 0.29) is 18.7 Å². The van der Waals surface area contributed by atoms with Gasteiger partial charge in [-0.25, -0.2) is 18.3 Å². The van der Waals surface area contributed by atoms with Crippen LogP contribution in [0, 0.1) is 6.92 Å². The molecule has 0 saturated heterocycles. The zero-order valence-corrected chi connectivity index (χ0v) is 17.4. The molecule has 178 valence electrons. The molecule has 9 nitrogen and oxygen atoms in total. The van der Waals surface area contributed by atoms with Gasteiger partial charge < -0.3 is 10.6 Å². The number of hydrogen-bond acceptors (Lipinski definition) is 5. The number of nitrogens with one attached hydrogen (secondary N) is 2. The first-order valence-corrected chi connectivity index (χ1v) is 9.77. The summed E-state index contributed by atoms with van der Waals surface area (Å²) in [7, 11) is 0. The first-order valence-electron chi connectivity index (χ1n) is 9.77. The highest BCUT2D eigenvalue weighted by molar-refractivity contribution is 5.94. The lowest BCUT2D eigenvalue weighted by Gasteiger charge is -2.07. The van der Waals surface area contributed by atoms with Gasteiger partial charge in [0.2, 0.25) is 5.91 Å². The minimum absolute atomic E-state index is 0.0129. The van der Waals surface area contributed by atoms with Crippen LogP contribution in [-0.2, 0) is 24.4 Å². The molecule has 0 saturated carbocycles. The maximum absolute atomic E-state index is 12.5. The van der Waals surface area contributed by atoms with Crippen molar-refractivity contribution < 1.29 is 31.5 Å². The van der Waals surface area contributed by atoms with Gasteiger partial charge in [-0.15, -0.1) is 0 Å². The lowest BCUT2D eigenvalue weighted by atomic mass is 10.2. The second-order valence-electron chi connectivity index (χ2n) is 7.19. The summed E-state index contributed by atoms with van der Waals surface area (Å²) in [6.45, 7) is 0.928. The van der Waals surface area contributed by atoms with Crippen LogP contribution >= 0.6 is 0 Å². The maximum atomic E-state index is 12.5. The molecule has 0 atom stereocenters. The number of hydrogen-bond donors (Lipinski definition) is 2. The Balaban J connectivity index is 1.56. The Morgan fingerprint density at radius 2 is 1.88 bits per heavy atom. The highest BCUT2D eigenvalue weighted by atomic mass is 19.4. The fourth-order valence-electron chi connectivity index (χ4n) is 2.94. The van der Waals surface area contributed by atoms with Crippen LogP contribution in [0.3, 0.4) is 0 Å². The molecule has 0 spiro atoms. The molecule has 0 bridgehead atoms. The summed E-state index contributed by atoms with van der Waals surface area (Å²) >= 11 is 0. The van der Waals surface area contributed by atoms with Gasteiger partial charge in [-0.05, 0) is 18.6 Å². The van der Waals surface area contributed by atoms with E-state index in [4.69, 9.17) is 0 Å². The average Bonchev–Trinajstić information content (AvgIpc) is 3.31. The smallest absolute Gasteiger partial charge is 0.352 e. The molecule has 0 radical (unpaired) electrons. The van der Waals surface area contributed by atoms with E-state index in [1.807, 2.05) is 0 Å². The summed E-state index contributed by atoms with van der Waals surface area (Å²) in [5, 5.41) is 12.9. The van der Waals surface area contributed by atoms with Gasteiger partial charge in [-0.3, -0.25) is 14.3 Å². The van der Waals surface area contributed by atoms with Crippen molar-refractivity contribution in [2.75, 3.05) is 0 Å². The normalized spacial score (nSPS) is 11.8. The van der Waals surface area contributed by atoms with Gasteiger partial charge in [-0.2, -0.15) is 23.4 Å². The SMILES string of the molecule is Cc1c(C(=O)NCc2cn3ncc(CNC(=O)CCC(F)(F)F)cc3n2)cnn1CC(F)F. The van der Waals surface area contributed by atoms with Crippen molar-refractivity contribution in [1.29, 1.82) is 0 Å². The molecule has 3 heterocycles. The molecular formula is C19H20F5N7O2. The van der Waals surface area contributed by atoms with Gasteiger partial charge in [0.05, 0.1) is 42.8 Å². The molecule has 0 aliphatic heterocycles. The van der Waals surface area contributed by atoms with Crippen LogP contribution in [0.1, 0.15) is 40.2 Å². The summed E-state index contributed by atoms with van der Waals surface area (Å²) in [5.74, 6) is -1.23. The Bertz CT molecular complexity index is 1140. The number of carbonyl (C=O) groups excluding carboxylic acids is 2. The zero-order chi connectivity index (χ0) is 24.2. The Labute approximate surface area is 184 Å². The van der Waals surface area contributed by atoms with Crippen molar-refractivity contribution in [2.45, 2.75) is 52.0 Å². The van der Waals surface area contributed by atoms with Crippen molar-refractivity contribution in [2.24, 2.45) is 0 Å². The Hall–Kier alpha value is -3.58. The van der Waals surface area contributed by atoms with Gasteiger partial charge in [0.15, 0.2) is 5.65 Å². The van der Waals surface area contributed by atoms with Gasteiger partial charge in [0.25, 0.3) is 12.3 Å². The van der Waals surface area contributed by atoms with E-state index >= 15 is 0 Å². The molecule has 33 heavy (non-hydrogen) atoms. The number of fused-ring (bicyclic) bond motifs is 1. The summed E-state index contributed by atoms with van der Waals surface area (Å²) < 4.78 is 64.1. The highest BCUT2D eigenvalue weighted by Gasteiger charge is 2.27. The van der Waals surface area contributed by atoms with E-state index in [9.17, 15) is 31.5 Å². The third kappa shape index (κ3) is 6.70. The first kappa shape index (κ1) is 24.1. The minimum Gasteiger partial charge on any atom is -0.352 e. The minimum atomic E-state index is -4.40. The van der Waals surface area contributed by atoms with Crippen LogP contribution < -0.4 is 10.6 Å². The van der Waals surface area contributed by atoms with Gasteiger partial charge >= 0.3 is 6.18 Å². The number of imidazole rings is 1. The van der Waals surface area contributed by atoms with Crippen molar-refractivity contribution in [1.82, 2.24) is 35.0 Å². The topological polar surface area (TPSA) is 106 Å². The van der Waals surface area contributed by atoms with Gasteiger partial charge in [-0.1, -0.05) is 0 Å². The number of alkyl halides is 5. The Kier molecular flexibility index (Phi) is 7.23. The fraction of sp³-hybridized carbons (Fsp3) is 0.421. The van der Waals surface area contributed by atoms with E-state index in [2.05, 4.69) is 25.8 Å². The number of amides is 2. The van der Waals surface area contributed by atoms with Gasteiger partial charge in [0.1, 0.15) is 6.54 Å². The third-order valence-electron chi connectivity index (χ3n) is 4.64. The van der Waals surface area contributed by atoms with Gasteiger partial charge in [0, 0.05) is 18.7 Å². The number of halogens is 5. The van der Waals surface area contributed by atoms with Crippen molar-refractivity contribution in [3.63, 3.8) is 0 Å². The van der Waals surface area contributed by atoms with Crippen LogP contribution in [-0.4, -0.2) is 48.8 Å². The number of rotatable bonds is 9. The lowest BCUT2D eigenvalue weighted by molar-refractivity contribution is -0.144. The molecule has 3 rings (SSSR count). The van der Waals surface area contributed by atoms with Crippen LogP contribution in [0.25, 0.3) is 5.65 Å². The van der Waals surface area contributed by atoms with E-state index in [0.717, 1.165) is 4.68 Å². The molecule has 14 heteroatoms. The lowest BCUT2D eigenvalue weighted by Crippen LogP contribution is -2.24. The third-order valence-corrected chi connectivity index (χ3v) is 4.64. The quantitative estimate of drug-likeness (QED) is 0.465. The fourth-order valence-corrected chi connectivity index (χ4v) is 2.94. The predicted molar refractivity (Wildman–Crippen MR) is 104 cm³/mol. The summed E-state index contributed by atoms with van der Waals surface area (Å²) in [4.78, 5) is 28.2. The van der Waals surface area contributed by atoms with Crippen LogP contribution in [0.2, 0.25) is 0 Å². The van der Waals surface area contributed by atoms with E-state index in [1.165, 1.54) is 23.8 Å². The predicted octanol–water partition coefficient (Wildman–Crippen LogP) is 2.39. The molecule has 2 amide bonds. The second-order valence-corrected chi connectivity index (χ2v) is 7.19. The summed E-state index contributed by atoms with van der Waals surface area (Å²) in [5.41, 5.74) is 1.88. The summed E-state index contributed by atoms with van der Waals surface area (Å²) in [6.07, 6.45) is -4.64. The molecule has 3 aromatic heterocycles. The molecule has 0 aromatic carbocycles. The maximum Gasteiger partial charge on any atom is 0.389 e. The van der Waals surface area contributed by atoms with E-state index < -0.39 is 43.8 Å². The number of nitrogens with zero attached hydrogens (tertiary/aromatic N) is 5. The van der Waals surface area contributed by atoms with E-state index in [0.29, 0.717) is 22.6 Å². The van der Waals surface area contributed by atoms with Crippen LogP contribution in [0.15, 0.2) is 24.7 Å². The number of carbonyl (C=O) groups is 2. The summed E-state index contributed by atoms with van der Waals surface area (Å²) in [6, 6.07) is 1.60. The molecular weight excluding hydrogens is 453 g/mol. The van der Waals surface area contributed by atoms with Crippen LogP contribution in [0.5, 0.6) is 0 Å². The molecule has 3 aromatic rings. The molecule has 0 aliphatic rings. The van der Waals surface area contributed by atoms with E-state index in [1.54, 1.807) is 12.3 Å². The molecule has 0 fully saturated rings. The first-order chi connectivity index (χ1) is 15.5. The van der Waals surface area contributed by atoms with Crippen molar-refractivity contribution >= 4 is 17.5 Å². The van der Waals surface area contributed by atoms with Crippen molar-refractivity contribution in [3.8, 4) is 0 Å².